The Bertz CT molecular complexity index is 507. The first-order valence-electron chi connectivity index (χ1n) is 5.84. The number of amides is 1. The first kappa shape index (κ1) is 16.0. The van der Waals surface area contributed by atoms with Crippen molar-refractivity contribution in [1.82, 2.24) is 5.32 Å². The van der Waals surface area contributed by atoms with Gasteiger partial charge in [0.05, 0.1) is 6.42 Å². The molecule has 1 atom stereocenters. The lowest BCUT2D eigenvalue weighted by Crippen LogP contribution is -2.32. The summed E-state index contributed by atoms with van der Waals surface area (Å²) in [6, 6.07) is 6.57. The first-order valence-corrected chi connectivity index (χ1v) is 6.22. The number of ether oxygens (including phenoxy) is 1. The summed E-state index contributed by atoms with van der Waals surface area (Å²) in [5.74, 6) is 0.857. The van der Waals surface area contributed by atoms with E-state index in [-0.39, 0.29) is 19.6 Å². The number of carbonyl (C=O) groups is 2. The predicted molar refractivity (Wildman–Crippen MR) is 74.2 cm³/mol. The van der Waals surface area contributed by atoms with Crippen LogP contribution in [0.3, 0.4) is 0 Å². The van der Waals surface area contributed by atoms with E-state index in [0.717, 1.165) is 0 Å². The van der Waals surface area contributed by atoms with E-state index in [9.17, 15) is 9.59 Å². The Hall–Kier alpha value is -2.03. The Balaban J connectivity index is 2.73. The van der Waals surface area contributed by atoms with Crippen LogP contribution in [-0.2, 0) is 14.3 Å². The molecule has 0 saturated carbocycles. The molecular formula is C14H14ClNO4. The lowest BCUT2D eigenvalue weighted by molar-refractivity contribution is -0.137. The van der Waals surface area contributed by atoms with Gasteiger partial charge in [-0.1, -0.05) is 29.7 Å². The van der Waals surface area contributed by atoms with Crippen LogP contribution in [0.2, 0.25) is 5.02 Å². The van der Waals surface area contributed by atoms with Crippen LogP contribution in [0, 0.1) is 12.3 Å². The lowest BCUT2D eigenvalue weighted by Gasteiger charge is -2.16. The first-order chi connectivity index (χ1) is 9.54. The van der Waals surface area contributed by atoms with Crippen LogP contribution in [0.25, 0.3) is 0 Å². The smallest absolute Gasteiger partial charge is 0.305 e. The molecule has 1 unspecified atom stereocenters. The van der Waals surface area contributed by atoms with Gasteiger partial charge in [-0.25, -0.2) is 0 Å². The molecule has 6 heteroatoms. The maximum absolute atomic E-state index is 12.0. The summed E-state index contributed by atoms with van der Waals surface area (Å²) in [5, 5.41) is 11.6. The third kappa shape index (κ3) is 5.31. The second-order valence-corrected chi connectivity index (χ2v) is 4.32. The monoisotopic (exact) mass is 295 g/mol. The van der Waals surface area contributed by atoms with Gasteiger partial charge in [-0.05, 0) is 17.7 Å². The highest BCUT2D eigenvalue weighted by Gasteiger charge is 2.21. The number of carbonyl (C=O) groups excluding carboxylic acids is 1. The van der Waals surface area contributed by atoms with Gasteiger partial charge in [0.1, 0.15) is 6.61 Å². The van der Waals surface area contributed by atoms with Gasteiger partial charge in [-0.3, -0.25) is 9.59 Å². The number of benzene rings is 1. The average molecular weight is 296 g/mol. The molecular weight excluding hydrogens is 282 g/mol. The van der Waals surface area contributed by atoms with Crippen LogP contribution >= 0.6 is 11.6 Å². The van der Waals surface area contributed by atoms with E-state index in [1.807, 2.05) is 0 Å². The molecule has 1 aromatic carbocycles. The van der Waals surface area contributed by atoms with E-state index in [2.05, 4.69) is 11.2 Å². The molecule has 5 nitrogen and oxygen atoms in total. The molecule has 0 aromatic heterocycles. The Morgan fingerprint density at radius 3 is 2.60 bits per heavy atom. The number of hydrogen-bond acceptors (Lipinski definition) is 3. The number of aliphatic carboxylic acids is 1. The largest absolute Gasteiger partial charge is 0.481 e. The zero-order valence-electron chi connectivity index (χ0n) is 10.6. The summed E-state index contributed by atoms with van der Waals surface area (Å²) in [6.07, 6.45) is 4.06. The highest BCUT2D eigenvalue weighted by Crippen LogP contribution is 2.20. The number of rotatable bonds is 7. The SMILES string of the molecule is C#CCOC(C(=O)NCCC(=O)O)c1ccc(Cl)cc1. The van der Waals surface area contributed by atoms with Crippen molar-refractivity contribution in [2.75, 3.05) is 13.2 Å². The highest BCUT2D eigenvalue weighted by molar-refractivity contribution is 6.30. The predicted octanol–water partition coefficient (Wildman–Crippen LogP) is 1.62. The van der Waals surface area contributed by atoms with Crippen LogP contribution in [-0.4, -0.2) is 30.1 Å². The minimum Gasteiger partial charge on any atom is -0.481 e. The van der Waals surface area contributed by atoms with Crippen LogP contribution in [0.4, 0.5) is 0 Å². The maximum atomic E-state index is 12.0. The van der Waals surface area contributed by atoms with E-state index >= 15 is 0 Å². The number of terminal acetylenes is 1. The molecule has 0 saturated heterocycles. The molecule has 0 spiro atoms. The van der Waals surface area contributed by atoms with Crippen LogP contribution < -0.4 is 5.32 Å². The Morgan fingerprint density at radius 2 is 2.05 bits per heavy atom. The summed E-state index contributed by atoms with van der Waals surface area (Å²) in [7, 11) is 0. The van der Waals surface area contributed by atoms with Crippen molar-refractivity contribution in [3.05, 3.63) is 34.9 Å². The van der Waals surface area contributed by atoms with E-state index < -0.39 is 18.0 Å². The molecule has 1 rings (SSSR count). The van der Waals surface area contributed by atoms with E-state index in [4.69, 9.17) is 27.9 Å². The molecule has 2 N–H and O–H groups in total. The van der Waals surface area contributed by atoms with Crippen molar-refractivity contribution in [2.24, 2.45) is 0 Å². The zero-order chi connectivity index (χ0) is 15.0. The van der Waals surface area contributed by atoms with E-state index in [1.165, 1.54) is 0 Å². The fraction of sp³-hybridized carbons (Fsp3) is 0.286. The lowest BCUT2D eigenvalue weighted by atomic mass is 10.1. The molecule has 20 heavy (non-hydrogen) atoms. The van der Waals surface area contributed by atoms with Gasteiger partial charge >= 0.3 is 5.97 Å². The fourth-order valence-corrected chi connectivity index (χ4v) is 1.60. The molecule has 0 aliphatic heterocycles. The van der Waals surface area contributed by atoms with Gasteiger partial charge in [0.25, 0.3) is 5.91 Å². The van der Waals surface area contributed by atoms with Gasteiger partial charge in [0.15, 0.2) is 6.10 Å². The number of nitrogens with one attached hydrogen (secondary N) is 1. The summed E-state index contributed by atoms with van der Waals surface area (Å²) < 4.78 is 5.30. The Morgan fingerprint density at radius 1 is 1.40 bits per heavy atom. The quantitative estimate of drug-likeness (QED) is 0.750. The number of halogens is 1. The van der Waals surface area contributed by atoms with Crippen molar-refractivity contribution < 1.29 is 19.4 Å². The van der Waals surface area contributed by atoms with Crippen molar-refractivity contribution in [3.8, 4) is 12.3 Å². The summed E-state index contributed by atoms with van der Waals surface area (Å²) in [4.78, 5) is 22.4. The highest BCUT2D eigenvalue weighted by atomic mass is 35.5. The number of carboxylic acid groups (broad SMARTS) is 1. The topological polar surface area (TPSA) is 75.6 Å². The molecule has 106 valence electrons. The van der Waals surface area contributed by atoms with Gasteiger partial charge in [-0.2, -0.15) is 0 Å². The molecule has 1 amide bonds. The van der Waals surface area contributed by atoms with Crippen molar-refractivity contribution in [3.63, 3.8) is 0 Å². The van der Waals surface area contributed by atoms with Gasteiger partial charge in [-0.15, -0.1) is 6.42 Å². The fourth-order valence-electron chi connectivity index (χ4n) is 1.48. The van der Waals surface area contributed by atoms with Crippen LogP contribution in [0.5, 0.6) is 0 Å². The van der Waals surface area contributed by atoms with E-state index in [0.29, 0.717) is 10.6 Å². The van der Waals surface area contributed by atoms with Gasteiger partial charge in [0.2, 0.25) is 0 Å². The normalized spacial score (nSPS) is 11.4. The summed E-state index contributed by atoms with van der Waals surface area (Å²) >= 11 is 5.78. The summed E-state index contributed by atoms with van der Waals surface area (Å²) in [5.41, 5.74) is 0.595. The Labute approximate surface area is 121 Å². The van der Waals surface area contributed by atoms with E-state index in [1.54, 1.807) is 24.3 Å². The second-order valence-electron chi connectivity index (χ2n) is 3.88. The van der Waals surface area contributed by atoms with Gasteiger partial charge in [0, 0.05) is 11.6 Å². The van der Waals surface area contributed by atoms with Crippen LogP contribution in [0.15, 0.2) is 24.3 Å². The van der Waals surface area contributed by atoms with Crippen molar-refractivity contribution >= 4 is 23.5 Å². The van der Waals surface area contributed by atoms with Crippen LogP contribution in [0.1, 0.15) is 18.1 Å². The molecule has 0 aliphatic carbocycles. The maximum Gasteiger partial charge on any atom is 0.305 e. The Kier molecular flexibility index (Phi) is 6.57. The summed E-state index contributed by atoms with van der Waals surface area (Å²) in [6.45, 7) is -0.00267. The molecule has 1 aromatic rings. The number of carboxylic acids is 1. The van der Waals surface area contributed by atoms with Crippen molar-refractivity contribution in [2.45, 2.75) is 12.5 Å². The average Bonchev–Trinajstić information content (AvgIpc) is 2.40. The standard InChI is InChI=1S/C14H14ClNO4/c1-2-9-20-13(10-3-5-11(15)6-4-10)14(19)16-8-7-12(17)18/h1,3-6,13H,7-9H2,(H,16,19)(H,17,18). The minimum absolute atomic E-state index is 0.0255. The molecule has 0 bridgehead atoms. The third-order valence-electron chi connectivity index (χ3n) is 2.38. The van der Waals surface area contributed by atoms with Gasteiger partial charge < -0.3 is 15.2 Å². The molecule has 0 aliphatic rings. The molecule has 0 heterocycles. The zero-order valence-corrected chi connectivity index (χ0v) is 11.4. The molecule has 0 fully saturated rings. The minimum atomic E-state index is -0.988. The molecule has 0 radical (unpaired) electrons. The third-order valence-corrected chi connectivity index (χ3v) is 2.63. The van der Waals surface area contributed by atoms with Crippen molar-refractivity contribution in [1.29, 1.82) is 0 Å². The number of hydrogen-bond donors (Lipinski definition) is 2. The second kappa shape index (κ2) is 8.20.